The number of hydrogen-bond acceptors (Lipinski definition) is 3. The van der Waals surface area contributed by atoms with Gasteiger partial charge in [-0.05, 0) is 19.3 Å². The minimum atomic E-state index is -2.91. The van der Waals surface area contributed by atoms with Crippen molar-refractivity contribution >= 4 is 9.84 Å². The van der Waals surface area contributed by atoms with Crippen LogP contribution in [0.1, 0.15) is 39.0 Å². The van der Waals surface area contributed by atoms with Gasteiger partial charge in [0, 0.05) is 6.04 Å². The first-order valence-corrected chi connectivity index (χ1v) is 6.76. The van der Waals surface area contributed by atoms with Crippen molar-refractivity contribution in [2.45, 2.75) is 50.3 Å². The van der Waals surface area contributed by atoms with Gasteiger partial charge < -0.3 is 5.73 Å². The van der Waals surface area contributed by atoms with Crippen LogP contribution in [0.2, 0.25) is 0 Å². The van der Waals surface area contributed by atoms with E-state index >= 15 is 0 Å². The molecule has 13 heavy (non-hydrogen) atoms. The van der Waals surface area contributed by atoms with Crippen LogP contribution in [0.5, 0.6) is 0 Å². The van der Waals surface area contributed by atoms with E-state index in [1.807, 2.05) is 6.92 Å². The summed E-state index contributed by atoms with van der Waals surface area (Å²) in [7, 11) is -2.91. The van der Waals surface area contributed by atoms with Crippen LogP contribution in [0.15, 0.2) is 0 Å². The lowest BCUT2D eigenvalue weighted by Crippen LogP contribution is -2.43. The van der Waals surface area contributed by atoms with Gasteiger partial charge in [-0.15, -0.1) is 0 Å². The maximum Gasteiger partial charge on any atom is 0.154 e. The van der Waals surface area contributed by atoms with Gasteiger partial charge in [-0.25, -0.2) is 8.42 Å². The SMILES string of the molecule is CCCS(=O)(=O)C1CCCCC1N. The summed E-state index contributed by atoms with van der Waals surface area (Å²) in [6.07, 6.45) is 4.43. The summed E-state index contributed by atoms with van der Waals surface area (Å²) in [5, 5.41) is -0.263. The Bertz CT molecular complexity index is 248. The van der Waals surface area contributed by atoms with Crippen molar-refractivity contribution in [3.8, 4) is 0 Å². The molecule has 3 nitrogen and oxygen atoms in total. The normalized spacial score (nSPS) is 30.3. The van der Waals surface area contributed by atoms with Gasteiger partial charge in [0.15, 0.2) is 9.84 Å². The smallest absolute Gasteiger partial charge is 0.154 e. The third-order valence-corrected chi connectivity index (χ3v) is 5.19. The molecule has 1 saturated carbocycles. The molecule has 2 atom stereocenters. The largest absolute Gasteiger partial charge is 0.327 e. The van der Waals surface area contributed by atoms with Gasteiger partial charge in [0.2, 0.25) is 0 Å². The Hall–Kier alpha value is -0.0900. The van der Waals surface area contributed by atoms with E-state index in [1.54, 1.807) is 0 Å². The third-order valence-electron chi connectivity index (χ3n) is 2.70. The Morgan fingerprint density at radius 1 is 1.31 bits per heavy atom. The molecule has 4 heteroatoms. The van der Waals surface area contributed by atoms with Crippen LogP contribution in [0, 0.1) is 0 Å². The standard InChI is InChI=1S/C9H19NO2S/c1-2-7-13(11,12)9-6-4-3-5-8(9)10/h8-9H,2-7,10H2,1H3. The molecule has 0 aromatic rings. The van der Waals surface area contributed by atoms with Gasteiger partial charge in [0.25, 0.3) is 0 Å². The average molecular weight is 205 g/mol. The second-order valence-corrected chi connectivity index (χ2v) is 6.19. The summed E-state index contributed by atoms with van der Waals surface area (Å²) >= 11 is 0. The Morgan fingerprint density at radius 2 is 1.92 bits per heavy atom. The summed E-state index contributed by atoms with van der Waals surface area (Å²) in [4.78, 5) is 0. The van der Waals surface area contributed by atoms with Crippen LogP contribution in [0.25, 0.3) is 0 Å². The monoisotopic (exact) mass is 205 g/mol. The van der Waals surface area contributed by atoms with E-state index in [0.717, 1.165) is 25.7 Å². The van der Waals surface area contributed by atoms with E-state index in [4.69, 9.17) is 5.73 Å². The molecule has 78 valence electrons. The fourth-order valence-electron chi connectivity index (χ4n) is 2.01. The average Bonchev–Trinajstić information content (AvgIpc) is 2.04. The fraction of sp³-hybridized carbons (Fsp3) is 1.00. The molecule has 1 aliphatic carbocycles. The summed E-state index contributed by atoms with van der Waals surface area (Å²) in [5.74, 6) is 0.297. The molecule has 0 saturated heterocycles. The first-order valence-electron chi connectivity index (χ1n) is 5.05. The Labute approximate surface area is 80.6 Å². The summed E-state index contributed by atoms with van der Waals surface area (Å²) < 4.78 is 23.4. The molecule has 0 radical (unpaired) electrons. The van der Waals surface area contributed by atoms with Crippen molar-refractivity contribution in [2.24, 2.45) is 5.73 Å². The molecule has 2 unspecified atom stereocenters. The molecule has 0 aromatic carbocycles. The number of hydrogen-bond donors (Lipinski definition) is 1. The van der Waals surface area contributed by atoms with Crippen LogP contribution in [-0.4, -0.2) is 25.5 Å². The number of rotatable bonds is 3. The van der Waals surface area contributed by atoms with Gasteiger partial charge in [0.05, 0.1) is 11.0 Å². The second-order valence-electron chi connectivity index (χ2n) is 3.85. The maximum atomic E-state index is 11.7. The molecular weight excluding hydrogens is 186 g/mol. The van der Waals surface area contributed by atoms with Crippen LogP contribution in [-0.2, 0) is 9.84 Å². The Kier molecular flexibility index (Phi) is 3.74. The highest BCUT2D eigenvalue weighted by molar-refractivity contribution is 7.92. The zero-order chi connectivity index (χ0) is 9.90. The predicted octanol–water partition coefficient (Wildman–Crippen LogP) is 1.08. The Balaban J connectivity index is 2.68. The zero-order valence-corrected chi connectivity index (χ0v) is 9.02. The highest BCUT2D eigenvalue weighted by Crippen LogP contribution is 2.23. The molecule has 0 aromatic heterocycles. The second kappa shape index (κ2) is 4.42. The molecule has 1 aliphatic rings. The van der Waals surface area contributed by atoms with Gasteiger partial charge in [0.1, 0.15) is 0 Å². The summed E-state index contributed by atoms with van der Waals surface area (Å²) in [6.45, 7) is 1.89. The van der Waals surface area contributed by atoms with Crippen molar-refractivity contribution in [1.29, 1.82) is 0 Å². The molecule has 0 amide bonds. The quantitative estimate of drug-likeness (QED) is 0.750. The van der Waals surface area contributed by atoms with E-state index in [2.05, 4.69) is 0 Å². The highest BCUT2D eigenvalue weighted by Gasteiger charge is 2.32. The van der Waals surface area contributed by atoms with E-state index in [9.17, 15) is 8.42 Å². The van der Waals surface area contributed by atoms with E-state index < -0.39 is 9.84 Å². The summed E-state index contributed by atoms with van der Waals surface area (Å²) in [6, 6.07) is -0.120. The van der Waals surface area contributed by atoms with Crippen molar-refractivity contribution in [1.82, 2.24) is 0 Å². The van der Waals surface area contributed by atoms with Gasteiger partial charge in [-0.2, -0.15) is 0 Å². The molecule has 1 rings (SSSR count). The molecule has 0 bridgehead atoms. The van der Waals surface area contributed by atoms with Crippen LogP contribution in [0.3, 0.4) is 0 Å². The topological polar surface area (TPSA) is 60.2 Å². The summed E-state index contributed by atoms with van der Waals surface area (Å²) in [5.41, 5.74) is 5.82. The van der Waals surface area contributed by atoms with E-state index in [1.165, 1.54) is 0 Å². The van der Waals surface area contributed by atoms with Crippen molar-refractivity contribution in [3.63, 3.8) is 0 Å². The lowest BCUT2D eigenvalue weighted by atomic mass is 9.96. The van der Waals surface area contributed by atoms with Gasteiger partial charge in [-0.3, -0.25) is 0 Å². The zero-order valence-electron chi connectivity index (χ0n) is 8.20. The fourth-order valence-corrected chi connectivity index (χ4v) is 4.07. The first kappa shape index (κ1) is 11.0. The lowest BCUT2D eigenvalue weighted by molar-refractivity contribution is 0.431. The highest BCUT2D eigenvalue weighted by atomic mass is 32.2. The van der Waals surface area contributed by atoms with E-state index in [0.29, 0.717) is 12.2 Å². The lowest BCUT2D eigenvalue weighted by Gasteiger charge is -2.27. The minimum Gasteiger partial charge on any atom is -0.327 e. The van der Waals surface area contributed by atoms with Crippen molar-refractivity contribution < 1.29 is 8.42 Å². The molecule has 1 fully saturated rings. The third kappa shape index (κ3) is 2.68. The van der Waals surface area contributed by atoms with Crippen molar-refractivity contribution in [2.75, 3.05) is 5.75 Å². The number of sulfone groups is 1. The molecule has 0 aliphatic heterocycles. The van der Waals surface area contributed by atoms with E-state index in [-0.39, 0.29) is 11.3 Å². The molecule has 0 heterocycles. The molecular formula is C9H19NO2S. The van der Waals surface area contributed by atoms with Crippen molar-refractivity contribution in [3.05, 3.63) is 0 Å². The maximum absolute atomic E-state index is 11.7. The predicted molar refractivity (Wildman–Crippen MR) is 54.3 cm³/mol. The Morgan fingerprint density at radius 3 is 2.46 bits per heavy atom. The number of nitrogens with two attached hydrogens (primary N) is 1. The van der Waals surface area contributed by atoms with Crippen LogP contribution >= 0.6 is 0 Å². The molecule has 0 spiro atoms. The van der Waals surface area contributed by atoms with Gasteiger partial charge >= 0.3 is 0 Å². The molecule has 2 N–H and O–H groups in total. The van der Waals surface area contributed by atoms with Gasteiger partial charge in [-0.1, -0.05) is 19.8 Å². The first-order chi connectivity index (χ1) is 6.08. The van der Waals surface area contributed by atoms with Crippen LogP contribution < -0.4 is 5.73 Å². The van der Waals surface area contributed by atoms with Crippen LogP contribution in [0.4, 0.5) is 0 Å². The minimum absolute atomic E-state index is 0.120.